The molecule has 0 aliphatic carbocycles. The van der Waals surface area contributed by atoms with Gasteiger partial charge in [-0.2, -0.15) is 0 Å². The van der Waals surface area contributed by atoms with Gasteiger partial charge in [0.15, 0.2) is 34.9 Å². The maximum absolute atomic E-state index is 5.92. The number of hydrogen-bond acceptors (Lipinski definition) is 12. The third-order valence-corrected chi connectivity index (χ3v) is 25.8. The van der Waals surface area contributed by atoms with Crippen molar-refractivity contribution < 1.29 is 8.83 Å². The highest BCUT2D eigenvalue weighted by Gasteiger charge is 2.25. The molecule has 144 heavy (non-hydrogen) atoms. The molecule has 0 amide bonds. The van der Waals surface area contributed by atoms with E-state index >= 15 is 0 Å². The van der Waals surface area contributed by atoms with E-state index in [2.05, 4.69) is 475 Å². The van der Waals surface area contributed by atoms with Crippen molar-refractivity contribution in [2.75, 3.05) is 0 Å². The van der Waals surface area contributed by atoms with Gasteiger partial charge in [-0.05, 0) is 204 Å². The standard InChI is InChI=1S/2C43H41N3.C26H24N2O.C20H20N2O/c1-8-29-12-14-30(15-13-29)35-10-9-11-36(28-35)31-16-18-32(19-17-31)39-44-40(33-20-24-37(25-21-33)42(2,3)4)46-41(45-39)34-22-26-38(27-23-34)43(5,6)7;1-8-29-12-14-30(15-13-29)31-16-18-32(19-17-31)35-10-9-11-36(28-35)41-45-39(33-20-24-37(25-21-33)42(2,3)4)44-40(46-41)34-22-26-38(27-23-34)43(5,6)7;1-5-18-6-8-19(9-7-18)20-10-12-21(13-11-20)24-27-28-25(29-24)22-14-16-23(17-15-22)26(2,3)4;1-5-14-6-8-15(9-7-14)18-21-22-19(23-18)16-10-12-17(13-11-16)20(2,3)4/h2*8-28H,1H2,2-7H3;5-17H,1H2,2-4H3;5-13H,1H2,2-4H3. The van der Waals surface area contributed by atoms with Crippen molar-refractivity contribution in [3.05, 3.63) is 446 Å². The summed E-state index contributed by atoms with van der Waals surface area (Å²) < 4.78 is 11.7. The maximum atomic E-state index is 5.92. The molecule has 0 aliphatic rings. The Morgan fingerprint density at radius 2 is 0.299 bits per heavy atom. The highest BCUT2D eigenvalue weighted by molar-refractivity contribution is 5.80. The van der Waals surface area contributed by atoms with E-state index in [0.717, 1.165) is 111 Å². The predicted molar refractivity (Wildman–Crippen MR) is 602 cm³/mol. The summed E-state index contributed by atoms with van der Waals surface area (Å²) in [6.07, 6.45) is 7.38. The molecule has 0 bridgehead atoms. The van der Waals surface area contributed by atoms with Crippen LogP contribution >= 0.6 is 0 Å². The summed E-state index contributed by atoms with van der Waals surface area (Å²) in [6.45, 7) is 55.1. The molecule has 0 radical (unpaired) electrons. The van der Waals surface area contributed by atoms with E-state index in [9.17, 15) is 0 Å². The lowest BCUT2D eigenvalue weighted by Gasteiger charge is -2.19. The van der Waals surface area contributed by atoms with Crippen LogP contribution in [0.15, 0.2) is 399 Å². The predicted octanol–water partition coefficient (Wildman–Crippen LogP) is 35.2. The zero-order valence-electron chi connectivity index (χ0n) is 86.1. The van der Waals surface area contributed by atoms with Crippen LogP contribution in [0.4, 0.5) is 0 Å². The monoisotopic (exact) mass is 1880 g/mol. The van der Waals surface area contributed by atoms with Crippen molar-refractivity contribution in [1.29, 1.82) is 0 Å². The zero-order valence-corrected chi connectivity index (χ0v) is 86.1. The SMILES string of the molecule is C=Cc1ccc(-c2ccc(-c3cccc(-c4nc(-c5ccc(C(C)(C)C)cc5)nc(-c5ccc(C(C)(C)C)cc5)n4)c3)cc2)cc1.C=Cc1ccc(-c2ccc(-c3nnc(-c4ccc(C(C)(C)C)cc4)o3)cc2)cc1.C=Cc1ccc(-c2cccc(-c3ccc(-c4nc(-c5ccc(C(C)(C)C)cc5)nc(-c5ccc(C(C)(C)C)cc5)n4)cc3)c2)cc1.C=Cc1ccc(-c2nnc(-c3ccc(C(C)(C)C)cc3)o2)cc1. The smallest absolute Gasteiger partial charge is 0.248 e. The van der Waals surface area contributed by atoms with Crippen LogP contribution in [0.25, 0.3) is 194 Å². The summed E-state index contributed by atoms with van der Waals surface area (Å²) in [5, 5.41) is 16.8. The van der Waals surface area contributed by atoms with Crippen molar-refractivity contribution in [3.63, 3.8) is 0 Å². The first-order valence-electron chi connectivity index (χ1n) is 49.2. The van der Waals surface area contributed by atoms with Gasteiger partial charge < -0.3 is 8.83 Å². The average molecular weight is 1880 g/mol. The molecule has 4 aromatic heterocycles. The lowest BCUT2D eigenvalue weighted by Crippen LogP contribution is -2.11. The molecule has 0 N–H and O–H groups in total. The molecule has 0 saturated heterocycles. The van der Waals surface area contributed by atoms with Crippen LogP contribution in [0.3, 0.4) is 0 Å². The van der Waals surface area contributed by atoms with Gasteiger partial charge in [-0.1, -0.05) is 479 Å². The van der Waals surface area contributed by atoms with E-state index in [0.29, 0.717) is 58.5 Å². The number of nitrogens with zero attached hydrogens (tertiary/aromatic N) is 10. The third-order valence-electron chi connectivity index (χ3n) is 25.8. The van der Waals surface area contributed by atoms with Crippen LogP contribution in [-0.2, 0) is 32.5 Å². The Morgan fingerprint density at radius 1 is 0.160 bits per heavy atom. The topological polar surface area (TPSA) is 155 Å². The van der Waals surface area contributed by atoms with Crippen LogP contribution in [0.2, 0.25) is 0 Å². The number of rotatable bonds is 19. The van der Waals surface area contributed by atoms with Crippen molar-refractivity contribution in [2.45, 2.75) is 157 Å². The van der Waals surface area contributed by atoms with Gasteiger partial charge in [0, 0.05) is 55.6 Å². The van der Waals surface area contributed by atoms with E-state index in [1.807, 2.05) is 78.9 Å². The Hall–Kier alpha value is -16.4. The molecule has 0 fully saturated rings. The number of hydrogen-bond donors (Lipinski definition) is 0. The summed E-state index contributed by atoms with van der Waals surface area (Å²) in [7, 11) is 0. The molecule has 19 aromatic rings. The Kier molecular flexibility index (Phi) is 30.0. The molecule has 716 valence electrons. The molecular formula is C132H126N10O2. The second kappa shape index (κ2) is 42.9. The largest absolute Gasteiger partial charge is 0.416 e. The minimum Gasteiger partial charge on any atom is -0.416 e. The van der Waals surface area contributed by atoms with Crippen LogP contribution < -0.4 is 0 Å². The highest BCUT2D eigenvalue weighted by Crippen LogP contribution is 2.39. The quantitative estimate of drug-likeness (QED) is 0.0756. The average Bonchev–Trinajstić information content (AvgIpc) is 0.954. The highest BCUT2D eigenvalue weighted by atomic mass is 16.4. The summed E-state index contributed by atoms with van der Waals surface area (Å²) >= 11 is 0. The van der Waals surface area contributed by atoms with Gasteiger partial charge in [0.05, 0.1) is 0 Å². The minimum atomic E-state index is 0.0670. The van der Waals surface area contributed by atoms with Gasteiger partial charge in [-0.3, -0.25) is 0 Å². The normalized spacial score (nSPS) is 11.7. The van der Waals surface area contributed by atoms with E-state index in [1.54, 1.807) is 6.08 Å². The van der Waals surface area contributed by atoms with E-state index in [4.69, 9.17) is 38.7 Å². The molecule has 19 rings (SSSR count). The van der Waals surface area contributed by atoms with Crippen molar-refractivity contribution in [2.24, 2.45) is 0 Å². The Labute approximate surface area is 850 Å². The second-order valence-corrected chi connectivity index (χ2v) is 42.6. The van der Waals surface area contributed by atoms with Crippen LogP contribution in [0.1, 0.15) is 180 Å². The third kappa shape index (κ3) is 24.9. The fraction of sp³-hybridized carbons (Fsp3) is 0.182. The summed E-state index contributed by atoms with van der Waals surface area (Å²) in [6, 6.07) is 126. The van der Waals surface area contributed by atoms with Crippen LogP contribution in [-0.4, -0.2) is 50.3 Å². The summed E-state index contributed by atoms with van der Waals surface area (Å²) in [4.78, 5) is 30.0. The van der Waals surface area contributed by atoms with Crippen LogP contribution in [0.5, 0.6) is 0 Å². The van der Waals surface area contributed by atoms with E-state index in [-0.39, 0.29) is 32.5 Å². The van der Waals surface area contributed by atoms with Crippen LogP contribution in [0, 0.1) is 0 Å². The molecule has 4 heterocycles. The molecule has 0 atom stereocenters. The number of benzene rings is 15. The van der Waals surface area contributed by atoms with E-state index in [1.165, 1.54) is 55.6 Å². The maximum Gasteiger partial charge on any atom is 0.248 e. The summed E-state index contributed by atoms with van der Waals surface area (Å²) in [5.41, 5.74) is 33.6. The molecule has 0 spiro atoms. The van der Waals surface area contributed by atoms with Gasteiger partial charge in [0.25, 0.3) is 0 Å². The molecule has 0 unspecified atom stereocenters. The fourth-order valence-electron chi connectivity index (χ4n) is 16.5. The minimum absolute atomic E-state index is 0.0670. The van der Waals surface area contributed by atoms with E-state index < -0.39 is 0 Å². The molecule has 0 aliphatic heterocycles. The molecule has 12 heteroatoms. The van der Waals surface area contributed by atoms with Gasteiger partial charge in [-0.15, -0.1) is 20.4 Å². The first-order chi connectivity index (χ1) is 68.9. The van der Waals surface area contributed by atoms with Crippen molar-refractivity contribution in [1.82, 2.24) is 50.3 Å². The van der Waals surface area contributed by atoms with Crippen molar-refractivity contribution >= 4 is 24.3 Å². The first-order valence-corrected chi connectivity index (χ1v) is 49.2. The first kappa shape index (κ1) is 101. The van der Waals surface area contributed by atoms with Gasteiger partial charge in [-0.25, -0.2) is 29.9 Å². The Bertz CT molecular complexity index is 7500. The zero-order chi connectivity index (χ0) is 102. The molecular weight excluding hydrogens is 1760 g/mol. The van der Waals surface area contributed by atoms with Gasteiger partial charge >= 0.3 is 0 Å². The fourth-order valence-corrected chi connectivity index (χ4v) is 16.5. The second-order valence-electron chi connectivity index (χ2n) is 42.6. The van der Waals surface area contributed by atoms with Gasteiger partial charge in [0.1, 0.15) is 0 Å². The lowest BCUT2D eigenvalue weighted by atomic mass is 9.86. The summed E-state index contributed by atoms with van der Waals surface area (Å²) in [5.74, 6) is 6.08. The molecule has 15 aromatic carbocycles. The lowest BCUT2D eigenvalue weighted by molar-refractivity contribution is 0.582. The van der Waals surface area contributed by atoms with Crippen molar-refractivity contribution in [3.8, 4) is 170 Å². The Balaban J connectivity index is 0.000000143. The van der Waals surface area contributed by atoms with Gasteiger partial charge in [0.2, 0.25) is 23.6 Å². The number of aromatic nitrogens is 10. The molecule has 0 saturated carbocycles. The Morgan fingerprint density at radius 3 is 0.493 bits per heavy atom. The molecule has 12 nitrogen and oxygen atoms in total.